The highest BCUT2D eigenvalue weighted by Gasteiger charge is 2.25. The standard InChI is InChI=1S/C22H21N3O6/c26-20(27)15-30-18-8-4-7-17-21(18)29-14-13-24(17)11-12-25(16-5-2-1-3-6-16)22(28)19-9-10-23-31-19/h1-10H,11-15H2,(H,26,27). The number of ether oxygens (including phenoxy) is 2. The predicted molar refractivity (Wildman–Crippen MR) is 112 cm³/mol. The van der Waals surface area contributed by atoms with Crippen molar-refractivity contribution in [2.24, 2.45) is 0 Å². The second-order valence-electron chi connectivity index (χ2n) is 6.79. The number of para-hydroxylation sites is 2. The zero-order chi connectivity index (χ0) is 21.6. The van der Waals surface area contributed by atoms with Gasteiger partial charge in [0.1, 0.15) is 6.61 Å². The van der Waals surface area contributed by atoms with Gasteiger partial charge in [-0.3, -0.25) is 4.79 Å². The maximum absolute atomic E-state index is 13.0. The van der Waals surface area contributed by atoms with Crippen LogP contribution in [0.15, 0.2) is 65.3 Å². The quantitative estimate of drug-likeness (QED) is 0.590. The lowest BCUT2D eigenvalue weighted by Crippen LogP contribution is -2.41. The summed E-state index contributed by atoms with van der Waals surface area (Å²) in [6.07, 6.45) is 1.44. The van der Waals surface area contributed by atoms with Crippen LogP contribution < -0.4 is 19.3 Å². The number of carboxylic acids is 1. The molecule has 1 aliphatic rings. The minimum Gasteiger partial charge on any atom is -0.486 e. The number of carbonyl (C=O) groups is 2. The number of amides is 1. The first-order valence-electron chi connectivity index (χ1n) is 9.76. The Kier molecular flexibility index (Phi) is 6.02. The van der Waals surface area contributed by atoms with Gasteiger partial charge in [-0.15, -0.1) is 0 Å². The van der Waals surface area contributed by atoms with Crippen LogP contribution >= 0.6 is 0 Å². The molecule has 2 aromatic carbocycles. The molecule has 160 valence electrons. The number of fused-ring (bicyclic) bond motifs is 1. The average molecular weight is 423 g/mol. The van der Waals surface area contributed by atoms with Crippen LogP contribution in [0.2, 0.25) is 0 Å². The summed E-state index contributed by atoms with van der Waals surface area (Å²) in [5.41, 5.74) is 1.53. The van der Waals surface area contributed by atoms with Gasteiger partial charge in [0.15, 0.2) is 18.1 Å². The van der Waals surface area contributed by atoms with Crippen LogP contribution in [0.4, 0.5) is 11.4 Å². The Bertz CT molecular complexity index is 1040. The molecule has 0 saturated heterocycles. The highest BCUT2D eigenvalue weighted by molar-refractivity contribution is 6.04. The first-order chi connectivity index (χ1) is 15.1. The molecule has 0 bridgehead atoms. The number of anilines is 2. The van der Waals surface area contributed by atoms with Crippen molar-refractivity contribution >= 4 is 23.3 Å². The van der Waals surface area contributed by atoms with E-state index in [0.29, 0.717) is 37.7 Å². The van der Waals surface area contributed by atoms with E-state index in [1.807, 2.05) is 36.4 Å². The molecule has 9 nitrogen and oxygen atoms in total. The third-order valence-electron chi connectivity index (χ3n) is 4.81. The third kappa shape index (κ3) is 4.61. The topological polar surface area (TPSA) is 105 Å². The van der Waals surface area contributed by atoms with E-state index in [-0.39, 0.29) is 11.7 Å². The highest BCUT2D eigenvalue weighted by atomic mass is 16.5. The third-order valence-corrected chi connectivity index (χ3v) is 4.81. The fourth-order valence-corrected chi connectivity index (χ4v) is 3.40. The molecule has 0 fully saturated rings. The molecule has 1 aliphatic heterocycles. The van der Waals surface area contributed by atoms with Crippen molar-refractivity contribution in [1.82, 2.24) is 5.16 Å². The zero-order valence-corrected chi connectivity index (χ0v) is 16.6. The van der Waals surface area contributed by atoms with E-state index >= 15 is 0 Å². The molecule has 1 aromatic heterocycles. The lowest BCUT2D eigenvalue weighted by Gasteiger charge is -2.33. The van der Waals surface area contributed by atoms with Gasteiger partial charge < -0.3 is 28.9 Å². The average Bonchev–Trinajstić information content (AvgIpc) is 3.33. The number of carbonyl (C=O) groups excluding carboxylic acids is 1. The van der Waals surface area contributed by atoms with E-state index in [1.54, 1.807) is 17.0 Å². The summed E-state index contributed by atoms with van der Waals surface area (Å²) in [5.74, 6) is -0.300. The van der Waals surface area contributed by atoms with E-state index in [0.717, 1.165) is 11.4 Å². The van der Waals surface area contributed by atoms with Crippen molar-refractivity contribution in [1.29, 1.82) is 0 Å². The maximum Gasteiger partial charge on any atom is 0.341 e. The van der Waals surface area contributed by atoms with Gasteiger partial charge in [0, 0.05) is 24.8 Å². The molecule has 0 spiro atoms. The summed E-state index contributed by atoms with van der Waals surface area (Å²) >= 11 is 0. The molecular formula is C22H21N3O6. The number of hydrogen-bond acceptors (Lipinski definition) is 7. The van der Waals surface area contributed by atoms with Crippen molar-refractivity contribution < 1.29 is 28.7 Å². The number of aromatic nitrogens is 1. The van der Waals surface area contributed by atoms with Crippen LogP contribution in [0.25, 0.3) is 0 Å². The predicted octanol–water partition coefficient (Wildman–Crippen LogP) is 2.68. The Morgan fingerprint density at radius 3 is 2.71 bits per heavy atom. The second-order valence-corrected chi connectivity index (χ2v) is 6.79. The molecule has 0 atom stereocenters. The number of aliphatic carboxylic acids is 1. The van der Waals surface area contributed by atoms with Crippen molar-refractivity contribution in [3.05, 3.63) is 66.6 Å². The monoisotopic (exact) mass is 423 g/mol. The molecule has 3 aromatic rings. The summed E-state index contributed by atoms with van der Waals surface area (Å²) in [6, 6.07) is 16.2. The van der Waals surface area contributed by atoms with Gasteiger partial charge in [0.25, 0.3) is 5.91 Å². The van der Waals surface area contributed by atoms with E-state index in [9.17, 15) is 9.59 Å². The highest BCUT2D eigenvalue weighted by Crippen LogP contribution is 2.39. The van der Waals surface area contributed by atoms with Crippen molar-refractivity contribution in [3.8, 4) is 11.5 Å². The minimum absolute atomic E-state index is 0.163. The Morgan fingerprint density at radius 2 is 1.97 bits per heavy atom. The first-order valence-corrected chi connectivity index (χ1v) is 9.76. The molecular weight excluding hydrogens is 402 g/mol. The first kappa shape index (κ1) is 20.3. The van der Waals surface area contributed by atoms with Crippen LogP contribution in [0.3, 0.4) is 0 Å². The fraction of sp³-hybridized carbons (Fsp3) is 0.227. The van der Waals surface area contributed by atoms with Crippen LogP contribution in [-0.2, 0) is 4.79 Å². The summed E-state index contributed by atoms with van der Waals surface area (Å²) in [6.45, 7) is 1.50. The molecule has 0 radical (unpaired) electrons. The van der Waals surface area contributed by atoms with Gasteiger partial charge >= 0.3 is 5.97 Å². The normalized spacial score (nSPS) is 12.6. The number of nitrogens with zero attached hydrogens (tertiary/aromatic N) is 3. The van der Waals surface area contributed by atoms with E-state index in [2.05, 4.69) is 10.1 Å². The van der Waals surface area contributed by atoms with Gasteiger partial charge in [0.05, 0.1) is 18.4 Å². The molecule has 31 heavy (non-hydrogen) atoms. The van der Waals surface area contributed by atoms with Gasteiger partial charge in [-0.05, 0) is 24.3 Å². The molecule has 0 aliphatic carbocycles. The molecule has 0 saturated carbocycles. The molecule has 9 heteroatoms. The number of carboxylic acid groups (broad SMARTS) is 1. The van der Waals surface area contributed by atoms with Crippen molar-refractivity contribution in [2.75, 3.05) is 42.6 Å². The number of rotatable bonds is 8. The zero-order valence-electron chi connectivity index (χ0n) is 16.6. The Hall–Kier alpha value is -4.01. The van der Waals surface area contributed by atoms with Crippen molar-refractivity contribution in [2.45, 2.75) is 0 Å². The van der Waals surface area contributed by atoms with Crippen LogP contribution in [-0.4, -0.2) is 55.0 Å². The van der Waals surface area contributed by atoms with Crippen molar-refractivity contribution in [3.63, 3.8) is 0 Å². The van der Waals surface area contributed by atoms with Gasteiger partial charge in [-0.25, -0.2) is 4.79 Å². The Morgan fingerprint density at radius 1 is 1.13 bits per heavy atom. The number of benzene rings is 2. The molecule has 1 amide bonds. The van der Waals surface area contributed by atoms with Crippen LogP contribution in [0.5, 0.6) is 11.5 Å². The minimum atomic E-state index is -1.06. The lowest BCUT2D eigenvalue weighted by molar-refractivity contribution is -0.139. The van der Waals surface area contributed by atoms with Gasteiger partial charge in [-0.2, -0.15) is 0 Å². The molecule has 1 N–H and O–H groups in total. The maximum atomic E-state index is 13.0. The van der Waals surface area contributed by atoms with Gasteiger partial charge in [-0.1, -0.05) is 29.4 Å². The summed E-state index contributed by atoms with van der Waals surface area (Å²) in [4.78, 5) is 27.6. The van der Waals surface area contributed by atoms with Crippen LogP contribution in [0.1, 0.15) is 10.6 Å². The summed E-state index contributed by atoms with van der Waals surface area (Å²) in [7, 11) is 0. The summed E-state index contributed by atoms with van der Waals surface area (Å²) in [5, 5.41) is 12.5. The van der Waals surface area contributed by atoms with E-state index < -0.39 is 12.6 Å². The fourth-order valence-electron chi connectivity index (χ4n) is 3.40. The Labute approximate surface area is 178 Å². The second kappa shape index (κ2) is 9.21. The Balaban J connectivity index is 1.54. The van der Waals surface area contributed by atoms with E-state index in [4.69, 9.17) is 19.1 Å². The smallest absolute Gasteiger partial charge is 0.341 e. The van der Waals surface area contributed by atoms with E-state index in [1.165, 1.54) is 12.3 Å². The van der Waals surface area contributed by atoms with Crippen LogP contribution in [0, 0.1) is 0 Å². The summed E-state index contributed by atoms with van der Waals surface area (Å²) < 4.78 is 16.2. The molecule has 2 heterocycles. The number of hydrogen-bond donors (Lipinski definition) is 1. The molecule has 4 rings (SSSR count). The SMILES string of the molecule is O=C(O)COc1cccc2c1OCCN2CCN(C(=O)c1ccno1)c1ccccc1. The van der Waals surface area contributed by atoms with Gasteiger partial charge in [0.2, 0.25) is 5.76 Å². The molecule has 0 unspecified atom stereocenters. The lowest BCUT2D eigenvalue weighted by atomic mass is 10.2. The largest absolute Gasteiger partial charge is 0.486 e.